The Morgan fingerprint density at radius 3 is 2.36 bits per heavy atom. The van der Waals surface area contributed by atoms with Crippen molar-refractivity contribution in [2.24, 2.45) is 0 Å². The molecular weight excluding hydrogens is 299 g/mol. The molecule has 0 fully saturated rings. The van der Waals surface area contributed by atoms with Gasteiger partial charge < -0.3 is 15.2 Å². The maximum Gasteiger partial charge on any atom is 0.573 e. The molecule has 0 saturated carbocycles. The number of anilines is 1. The van der Waals surface area contributed by atoms with Gasteiger partial charge in [0, 0.05) is 5.69 Å². The molecule has 0 radical (unpaired) electrons. The van der Waals surface area contributed by atoms with Gasteiger partial charge >= 0.3 is 6.36 Å². The summed E-state index contributed by atoms with van der Waals surface area (Å²) in [5, 5.41) is 12.1. The van der Waals surface area contributed by atoms with Crippen LogP contribution in [0.4, 0.5) is 18.9 Å². The molecule has 0 unspecified atom stereocenters. The van der Waals surface area contributed by atoms with Crippen LogP contribution in [0, 0.1) is 6.92 Å². The molecule has 2 aromatic carbocycles. The number of alkyl halides is 3. The summed E-state index contributed by atoms with van der Waals surface area (Å²) in [4.78, 5) is 12.0. The molecule has 22 heavy (non-hydrogen) atoms. The first-order chi connectivity index (χ1) is 10.2. The van der Waals surface area contributed by atoms with E-state index in [1.807, 2.05) is 0 Å². The van der Waals surface area contributed by atoms with Gasteiger partial charge in [-0.05, 0) is 43.3 Å². The second-order valence-corrected chi connectivity index (χ2v) is 4.55. The van der Waals surface area contributed by atoms with Crippen LogP contribution in [0.25, 0.3) is 0 Å². The SMILES string of the molecule is Cc1ccc(O)c(C(=O)Nc2ccc(OC(F)(F)F)cc2)c1. The molecule has 0 aromatic heterocycles. The summed E-state index contributed by atoms with van der Waals surface area (Å²) in [6.07, 6.45) is -4.77. The van der Waals surface area contributed by atoms with Crippen molar-refractivity contribution in [3.63, 3.8) is 0 Å². The third kappa shape index (κ3) is 4.15. The van der Waals surface area contributed by atoms with Gasteiger partial charge in [-0.15, -0.1) is 13.2 Å². The zero-order valence-electron chi connectivity index (χ0n) is 11.4. The smallest absolute Gasteiger partial charge is 0.507 e. The molecule has 0 bridgehead atoms. The van der Waals surface area contributed by atoms with Crippen LogP contribution in [0.5, 0.6) is 11.5 Å². The first-order valence-electron chi connectivity index (χ1n) is 6.21. The summed E-state index contributed by atoms with van der Waals surface area (Å²) >= 11 is 0. The predicted molar refractivity (Wildman–Crippen MR) is 73.9 cm³/mol. The Labute approximate surface area is 124 Å². The van der Waals surface area contributed by atoms with Gasteiger partial charge in [0.15, 0.2) is 0 Å². The topological polar surface area (TPSA) is 58.6 Å². The van der Waals surface area contributed by atoms with Crippen LogP contribution in [0.15, 0.2) is 42.5 Å². The highest BCUT2D eigenvalue weighted by atomic mass is 19.4. The van der Waals surface area contributed by atoms with Gasteiger partial charge in [0.05, 0.1) is 5.56 Å². The summed E-state index contributed by atoms with van der Waals surface area (Å²) in [7, 11) is 0. The number of aryl methyl sites for hydroxylation is 1. The van der Waals surface area contributed by atoms with E-state index in [0.717, 1.165) is 17.7 Å². The first kappa shape index (κ1) is 15.7. The number of carbonyl (C=O) groups excluding carboxylic acids is 1. The van der Waals surface area contributed by atoms with E-state index in [1.54, 1.807) is 13.0 Å². The molecular formula is C15H12F3NO3. The average Bonchev–Trinajstić information content (AvgIpc) is 2.42. The number of rotatable bonds is 3. The predicted octanol–water partition coefficient (Wildman–Crippen LogP) is 3.85. The Bertz CT molecular complexity index is 681. The number of nitrogens with one attached hydrogen (secondary N) is 1. The van der Waals surface area contributed by atoms with Gasteiger partial charge in [-0.3, -0.25) is 4.79 Å². The first-order valence-corrected chi connectivity index (χ1v) is 6.21. The van der Waals surface area contributed by atoms with Gasteiger partial charge in [0.1, 0.15) is 11.5 Å². The van der Waals surface area contributed by atoms with Crippen LogP contribution >= 0.6 is 0 Å². The minimum Gasteiger partial charge on any atom is -0.507 e. The number of phenols is 1. The lowest BCUT2D eigenvalue weighted by atomic mass is 10.1. The van der Waals surface area contributed by atoms with Gasteiger partial charge in [0.25, 0.3) is 5.91 Å². The number of hydrogen-bond donors (Lipinski definition) is 2. The van der Waals surface area contributed by atoms with Crippen LogP contribution in [-0.4, -0.2) is 17.4 Å². The Balaban J connectivity index is 2.10. The number of carbonyl (C=O) groups is 1. The lowest BCUT2D eigenvalue weighted by molar-refractivity contribution is -0.274. The van der Waals surface area contributed by atoms with Crippen LogP contribution in [0.2, 0.25) is 0 Å². The van der Waals surface area contributed by atoms with Crippen molar-refractivity contribution in [2.75, 3.05) is 5.32 Å². The molecule has 0 spiro atoms. The fraction of sp³-hybridized carbons (Fsp3) is 0.133. The van der Waals surface area contributed by atoms with E-state index in [2.05, 4.69) is 10.1 Å². The molecule has 0 atom stereocenters. The molecule has 2 aromatic rings. The van der Waals surface area contributed by atoms with Crippen molar-refractivity contribution in [1.82, 2.24) is 0 Å². The normalized spacial score (nSPS) is 11.1. The molecule has 0 aliphatic heterocycles. The van der Waals surface area contributed by atoms with Crippen LogP contribution in [0.3, 0.4) is 0 Å². The van der Waals surface area contributed by atoms with E-state index in [-0.39, 0.29) is 22.7 Å². The van der Waals surface area contributed by atoms with E-state index in [1.165, 1.54) is 24.3 Å². The Kier molecular flexibility index (Phi) is 4.25. The monoisotopic (exact) mass is 311 g/mol. The maximum atomic E-state index is 12.0. The summed E-state index contributed by atoms with van der Waals surface area (Å²) < 4.78 is 39.8. The van der Waals surface area contributed by atoms with E-state index in [9.17, 15) is 23.1 Å². The summed E-state index contributed by atoms with van der Waals surface area (Å²) in [6, 6.07) is 9.25. The molecule has 0 aliphatic carbocycles. The largest absolute Gasteiger partial charge is 0.573 e. The number of halogens is 3. The Morgan fingerprint density at radius 1 is 1.14 bits per heavy atom. The van der Waals surface area contributed by atoms with Crippen LogP contribution in [0.1, 0.15) is 15.9 Å². The molecule has 116 valence electrons. The highest BCUT2D eigenvalue weighted by Gasteiger charge is 2.30. The summed E-state index contributed by atoms with van der Waals surface area (Å²) in [6.45, 7) is 1.76. The van der Waals surface area contributed by atoms with Gasteiger partial charge in [-0.2, -0.15) is 0 Å². The number of aromatic hydroxyl groups is 1. The number of phenolic OH excluding ortho intramolecular Hbond substituents is 1. The Hall–Kier alpha value is -2.70. The number of ether oxygens (including phenoxy) is 1. The van der Waals surface area contributed by atoms with Gasteiger partial charge in [0.2, 0.25) is 0 Å². The number of benzene rings is 2. The minimum atomic E-state index is -4.77. The lowest BCUT2D eigenvalue weighted by Gasteiger charge is -2.10. The van der Waals surface area contributed by atoms with E-state index in [0.29, 0.717) is 0 Å². The number of hydrogen-bond acceptors (Lipinski definition) is 3. The van der Waals surface area contributed by atoms with Gasteiger partial charge in [-0.1, -0.05) is 11.6 Å². The maximum absolute atomic E-state index is 12.0. The van der Waals surface area contributed by atoms with E-state index >= 15 is 0 Å². The zero-order chi connectivity index (χ0) is 16.3. The van der Waals surface area contributed by atoms with Crippen molar-refractivity contribution in [3.8, 4) is 11.5 Å². The number of amides is 1. The van der Waals surface area contributed by atoms with Crippen LogP contribution < -0.4 is 10.1 Å². The van der Waals surface area contributed by atoms with Crippen molar-refractivity contribution < 1.29 is 27.8 Å². The average molecular weight is 311 g/mol. The van der Waals surface area contributed by atoms with E-state index < -0.39 is 12.3 Å². The second-order valence-electron chi connectivity index (χ2n) is 4.55. The third-order valence-corrected chi connectivity index (χ3v) is 2.74. The standard InChI is InChI=1S/C15H12F3NO3/c1-9-2-7-13(20)12(8-9)14(21)19-10-3-5-11(6-4-10)22-15(16,17)18/h2-8,20H,1H3,(H,19,21). The molecule has 7 heteroatoms. The summed E-state index contributed by atoms with van der Waals surface area (Å²) in [5.41, 5.74) is 1.15. The quantitative estimate of drug-likeness (QED) is 0.905. The molecule has 2 rings (SSSR count). The lowest BCUT2D eigenvalue weighted by Crippen LogP contribution is -2.17. The highest BCUT2D eigenvalue weighted by molar-refractivity contribution is 6.06. The molecule has 2 N–H and O–H groups in total. The fourth-order valence-electron chi connectivity index (χ4n) is 1.77. The fourth-order valence-corrected chi connectivity index (χ4v) is 1.77. The van der Waals surface area contributed by atoms with E-state index in [4.69, 9.17) is 0 Å². The highest BCUT2D eigenvalue weighted by Crippen LogP contribution is 2.25. The Morgan fingerprint density at radius 2 is 1.77 bits per heavy atom. The van der Waals surface area contributed by atoms with Gasteiger partial charge in [-0.25, -0.2) is 0 Å². The molecule has 1 amide bonds. The third-order valence-electron chi connectivity index (χ3n) is 2.74. The van der Waals surface area contributed by atoms with Crippen molar-refractivity contribution in [3.05, 3.63) is 53.6 Å². The minimum absolute atomic E-state index is 0.0793. The van der Waals surface area contributed by atoms with Crippen molar-refractivity contribution >= 4 is 11.6 Å². The molecule has 0 heterocycles. The van der Waals surface area contributed by atoms with Crippen molar-refractivity contribution in [2.45, 2.75) is 13.3 Å². The molecule has 0 saturated heterocycles. The van der Waals surface area contributed by atoms with Crippen molar-refractivity contribution in [1.29, 1.82) is 0 Å². The van der Waals surface area contributed by atoms with Crippen LogP contribution in [-0.2, 0) is 0 Å². The molecule has 4 nitrogen and oxygen atoms in total. The molecule has 0 aliphatic rings. The summed E-state index contributed by atoms with van der Waals surface area (Å²) in [5.74, 6) is -1.13. The zero-order valence-corrected chi connectivity index (χ0v) is 11.4. The second kappa shape index (κ2) is 5.97.